The molecular formula is C15H20N2O2. The fourth-order valence-corrected chi connectivity index (χ4v) is 3.87. The molecule has 2 saturated carbocycles. The smallest absolute Gasteiger partial charge is 0.251 e. The Bertz CT molecular complexity index is 472. The molecule has 3 rings (SSSR count). The van der Waals surface area contributed by atoms with E-state index in [1.165, 1.54) is 38.1 Å². The quantitative estimate of drug-likeness (QED) is 0.666. The Morgan fingerprint density at radius 3 is 2.68 bits per heavy atom. The number of rotatable bonds is 3. The van der Waals surface area contributed by atoms with Crippen LogP contribution in [0.25, 0.3) is 0 Å². The van der Waals surface area contributed by atoms with Crippen LogP contribution < -0.4 is 10.0 Å². The molecule has 102 valence electrons. The molecule has 2 fully saturated rings. The molecule has 4 heteroatoms. The van der Waals surface area contributed by atoms with Crippen LogP contribution in [0.3, 0.4) is 0 Å². The zero-order valence-electron chi connectivity index (χ0n) is 11.2. The van der Waals surface area contributed by atoms with Crippen LogP contribution in [-0.2, 0) is 0 Å². The zero-order chi connectivity index (χ0) is 13.4. The van der Waals surface area contributed by atoms with Crippen LogP contribution in [0.15, 0.2) is 24.5 Å². The van der Waals surface area contributed by atoms with Crippen molar-refractivity contribution < 1.29 is 9.52 Å². The number of amides is 1. The molecule has 2 aliphatic carbocycles. The van der Waals surface area contributed by atoms with Gasteiger partial charge in [-0.15, -0.1) is 0 Å². The first-order valence-corrected chi connectivity index (χ1v) is 7.13. The molecule has 4 atom stereocenters. The number of fused-ring (bicyclic) bond motifs is 2. The highest BCUT2D eigenvalue weighted by molar-refractivity contribution is 5.94. The SMILES string of the molecule is CC(NC(=O)c1cc[n+]([O-])cc1)C1CC2CCC1C2. The first-order chi connectivity index (χ1) is 9.13. The summed E-state index contributed by atoms with van der Waals surface area (Å²) in [5.41, 5.74) is 0.558. The normalized spacial score (nSPS) is 30.3. The molecule has 1 aromatic heterocycles. The van der Waals surface area contributed by atoms with Crippen molar-refractivity contribution in [2.45, 2.75) is 38.6 Å². The molecule has 1 aromatic rings. The largest absolute Gasteiger partial charge is 0.619 e. The summed E-state index contributed by atoms with van der Waals surface area (Å²) in [6, 6.07) is 3.36. The molecule has 19 heavy (non-hydrogen) atoms. The van der Waals surface area contributed by atoms with Crippen LogP contribution in [-0.4, -0.2) is 11.9 Å². The maximum Gasteiger partial charge on any atom is 0.251 e. The summed E-state index contributed by atoms with van der Waals surface area (Å²) in [5.74, 6) is 2.26. The molecule has 0 aromatic carbocycles. The Balaban J connectivity index is 1.61. The van der Waals surface area contributed by atoms with Gasteiger partial charge in [0.1, 0.15) is 0 Å². The van der Waals surface area contributed by atoms with Crippen molar-refractivity contribution in [1.82, 2.24) is 5.32 Å². The van der Waals surface area contributed by atoms with Gasteiger partial charge in [-0.1, -0.05) is 6.42 Å². The van der Waals surface area contributed by atoms with Gasteiger partial charge in [-0.3, -0.25) is 4.79 Å². The zero-order valence-corrected chi connectivity index (χ0v) is 11.2. The van der Waals surface area contributed by atoms with Gasteiger partial charge in [0, 0.05) is 18.2 Å². The van der Waals surface area contributed by atoms with Crippen LogP contribution in [0.4, 0.5) is 0 Å². The van der Waals surface area contributed by atoms with E-state index in [1.54, 1.807) is 12.1 Å². The van der Waals surface area contributed by atoms with E-state index >= 15 is 0 Å². The van der Waals surface area contributed by atoms with Crippen molar-refractivity contribution in [3.8, 4) is 0 Å². The van der Waals surface area contributed by atoms with Gasteiger partial charge in [0.05, 0.1) is 5.56 Å². The van der Waals surface area contributed by atoms with E-state index in [-0.39, 0.29) is 11.9 Å². The molecule has 0 spiro atoms. The summed E-state index contributed by atoms with van der Waals surface area (Å²) >= 11 is 0. The van der Waals surface area contributed by atoms with E-state index in [2.05, 4.69) is 12.2 Å². The first kappa shape index (κ1) is 12.5. The molecule has 0 radical (unpaired) electrons. The number of hydrogen-bond donors (Lipinski definition) is 1. The average molecular weight is 260 g/mol. The summed E-state index contributed by atoms with van der Waals surface area (Å²) in [5, 5.41) is 14.0. The summed E-state index contributed by atoms with van der Waals surface area (Å²) in [6.45, 7) is 2.11. The van der Waals surface area contributed by atoms with Gasteiger partial charge in [-0.05, 0) is 43.9 Å². The molecular weight excluding hydrogens is 240 g/mol. The van der Waals surface area contributed by atoms with Crippen molar-refractivity contribution in [2.24, 2.45) is 17.8 Å². The van der Waals surface area contributed by atoms with Gasteiger partial charge in [0.15, 0.2) is 12.4 Å². The number of carbonyl (C=O) groups excluding carboxylic acids is 1. The number of aromatic nitrogens is 1. The molecule has 2 aliphatic rings. The third kappa shape index (κ3) is 2.44. The highest BCUT2D eigenvalue weighted by Gasteiger charge is 2.42. The van der Waals surface area contributed by atoms with E-state index in [4.69, 9.17) is 0 Å². The van der Waals surface area contributed by atoms with Gasteiger partial charge >= 0.3 is 0 Å². The maximum absolute atomic E-state index is 12.1. The van der Waals surface area contributed by atoms with Crippen molar-refractivity contribution in [3.63, 3.8) is 0 Å². The van der Waals surface area contributed by atoms with Crippen LogP contribution in [0.2, 0.25) is 0 Å². The van der Waals surface area contributed by atoms with Crippen LogP contribution in [0, 0.1) is 23.0 Å². The topological polar surface area (TPSA) is 56.0 Å². The number of carbonyl (C=O) groups is 1. The van der Waals surface area contributed by atoms with Crippen molar-refractivity contribution >= 4 is 5.91 Å². The van der Waals surface area contributed by atoms with E-state index in [0.29, 0.717) is 16.2 Å². The summed E-state index contributed by atoms with van der Waals surface area (Å²) in [4.78, 5) is 12.1. The molecule has 4 unspecified atom stereocenters. The third-order valence-corrected chi connectivity index (χ3v) is 4.86. The summed E-state index contributed by atoms with van der Waals surface area (Å²) in [7, 11) is 0. The van der Waals surface area contributed by atoms with Gasteiger partial charge in [0.2, 0.25) is 0 Å². The first-order valence-electron chi connectivity index (χ1n) is 7.13. The van der Waals surface area contributed by atoms with Crippen LogP contribution in [0.5, 0.6) is 0 Å². The Morgan fingerprint density at radius 2 is 2.11 bits per heavy atom. The van der Waals surface area contributed by atoms with Gasteiger partial charge in [-0.25, -0.2) is 0 Å². The average Bonchev–Trinajstić information content (AvgIpc) is 3.01. The Kier molecular flexibility index (Phi) is 3.17. The molecule has 0 aliphatic heterocycles. The number of nitrogens with one attached hydrogen (secondary N) is 1. The minimum absolute atomic E-state index is 0.0733. The van der Waals surface area contributed by atoms with Gasteiger partial charge in [-0.2, -0.15) is 4.73 Å². The van der Waals surface area contributed by atoms with E-state index < -0.39 is 0 Å². The fourth-order valence-electron chi connectivity index (χ4n) is 3.87. The number of pyridine rings is 1. The Morgan fingerprint density at radius 1 is 1.37 bits per heavy atom. The lowest BCUT2D eigenvalue weighted by molar-refractivity contribution is -0.605. The molecule has 1 N–H and O–H groups in total. The highest BCUT2D eigenvalue weighted by Crippen LogP contribution is 2.49. The number of hydrogen-bond acceptors (Lipinski definition) is 2. The standard InChI is InChI=1S/C15H20N2O2/c1-10(14-9-11-2-3-13(14)8-11)16-15(18)12-4-6-17(19)7-5-12/h4-7,10-11,13-14H,2-3,8-9H2,1H3,(H,16,18). The molecule has 1 amide bonds. The van der Waals surface area contributed by atoms with Crippen molar-refractivity contribution in [3.05, 3.63) is 35.3 Å². The minimum Gasteiger partial charge on any atom is -0.619 e. The lowest BCUT2D eigenvalue weighted by Gasteiger charge is -2.28. The second-order valence-corrected chi connectivity index (χ2v) is 6.05. The lowest BCUT2D eigenvalue weighted by atomic mass is 9.84. The molecule has 0 saturated heterocycles. The summed E-state index contributed by atoms with van der Waals surface area (Å²) < 4.78 is 0.691. The van der Waals surface area contributed by atoms with Crippen molar-refractivity contribution in [1.29, 1.82) is 0 Å². The molecule has 2 bridgehead atoms. The van der Waals surface area contributed by atoms with Gasteiger partial charge < -0.3 is 10.5 Å². The van der Waals surface area contributed by atoms with Crippen LogP contribution >= 0.6 is 0 Å². The molecule has 1 heterocycles. The van der Waals surface area contributed by atoms with Gasteiger partial charge in [0.25, 0.3) is 5.91 Å². The fraction of sp³-hybridized carbons (Fsp3) is 0.600. The van der Waals surface area contributed by atoms with Crippen molar-refractivity contribution in [2.75, 3.05) is 0 Å². The highest BCUT2D eigenvalue weighted by atomic mass is 16.5. The van der Waals surface area contributed by atoms with Crippen LogP contribution in [0.1, 0.15) is 43.0 Å². The Labute approximate surface area is 113 Å². The second-order valence-electron chi connectivity index (χ2n) is 6.05. The predicted molar refractivity (Wildman–Crippen MR) is 71.3 cm³/mol. The number of nitrogens with zero attached hydrogens (tertiary/aromatic N) is 1. The lowest BCUT2D eigenvalue weighted by Crippen LogP contribution is -2.40. The molecule has 4 nitrogen and oxygen atoms in total. The second kappa shape index (κ2) is 4.83. The Hall–Kier alpha value is -1.58. The monoisotopic (exact) mass is 260 g/mol. The minimum atomic E-state index is -0.0733. The predicted octanol–water partition coefficient (Wildman–Crippen LogP) is 1.87. The summed E-state index contributed by atoms with van der Waals surface area (Å²) in [6.07, 6.45) is 8.04. The third-order valence-electron chi connectivity index (χ3n) is 4.86. The van der Waals surface area contributed by atoms with E-state index in [0.717, 1.165) is 11.8 Å². The van der Waals surface area contributed by atoms with E-state index in [9.17, 15) is 10.0 Å². The van der Waals surface area contributed by atoms with E-state index in [1.807, 2.05) is 0 Å². The maximum atomic E-state index is 12.1.